The highest BCUT2D eigenvalue weighted by Gasteiger charge is 2.21. The average molecular weight is 592 g/mol. The third-order valence-electron chi connectivity index (χ3n) is 8.78. The van der Waals surface area contributed by atoms with Gasteiger partial charge in [-0.2, -0.15) is 0 Å². The van der Waals surface area contributed by atoms with Gasteiger partial charge in [-0.15, -0.1) is 0 Å². The number of nitrogens with zero attached hydrogens (tertiary/aromatic N) is 5. The van der Waals surface area contributed by atoms with Crippen molar-refractivity contribution in [3.63, 3.8) is 0 Å². The first kappa shape index (κ1) is 26.3. The molecular weight excluding hydrogens is 562 g/mol. The summed E-state index contributed by atoms with van der Waals surface area (Å²) in [6, 6.07) is 48.5. The predicted octanol–water partition coefficient (Wildman–Crippen LogP) is 9.70. The molecule has 3 heterocycles. The second-order valence-electron chi connectivity index (χ2n) is 11.7. The van der Waals surface area contributed by atoms with Crippen molar-refractivity contribution in [1.29, 1.82) is 0 Å². The smallest absolute Gasteiger partial charge is 0.220 e. The molecule has 5 aromatic carbocycles. The molecule has 9 rings (SSSR count). The first-order valence-corrected chi connectivity index (χ1v) is 15.7. The minimum absolute atomic E-state index is 0.713. The number of imidazole rings is 2. The third kappa shape index (κ3) is 4.44. The van der Waals surface area contributed by atoms with Gasteiger partial charge in [-0.05, 0) is 66.4 Å². The van der Waals surface area contributed by atoms with Crippen molar-refractivity contribution in [3.05, 3.63) is 157 Å². The van der Waals surface area contributed by atoms with Crippen molar-refractivity contribution in [2.75, 3.05) is 0 Å². The van der Waals surface area contributed by atoms with Crippen LogP contribution in [-0.4, -0.2) is 23.9 Å². The van der Waals surface area contributed by atoms with Crippen LogP contribution >= 0.6 is 0 Å². The van der Waals surface area contributed by atoms with Crippen LogP contribution in [0.3, 0.4) is 0 Å². The summed E-state index contributed by atoms with van der Waals surface area (Å²) in [5.41, 5.74) is 12.9. The molecule has 0 spiro atoms. The lowest BCUT2D eigenvalue weighted by Gasteiger charge is -2.12. The Hall–Kier alpha value is -6.07. The number of aromatic nitrogens is 5. The monoisotopic (exact) mass is 591 g/mol. The number of fused-ring (bicyclic) bond motifs is 5. The minimum Gasteiger partial charge on any atom is -0.278 e. The van der Waals surface area contributed by atoms with Crippen molar-refractivity contribution in [2.45, 2.75) is 12.8 Å². The Kier molecular flexibility index (Phi) is 6.20. The normalized spacial score (nSPS) is 12.5. The van der Waals surface area contributed by atoms with Gasteiger partial charge >= 0.3 is 0 Å². The van der Waals surface area contributed by atoms with Gasteiger partial charge in [-0.25, -0.2) is 15.0 Å². The SMILES string of the molecule is C1=Cc2c(nc3n(-c4cccc(-c5cccc(-c6cc(-c7ccccc7)nc(-c7ccccc7)n6)c5)c4)c4ccccc4n23)CC1. The molecule has 46 heavy (non-hydrogen) atoms. The second-order valence-corrected chi connectivity index (χ2v) is 11.7. The molecule has 0 atom stereocenters. The average Bonchev–Trinajstić information content (AvgIpc) is 3.67. The lowest BCUT2D eigenvalue weighted by atomic mass is 10.00. The van der Waals surface area contributed by atoms with Crippen LogP contribution in [0.25, 0.3) is 73.6 Å². The number of hydrogen-bond donors (Lipinski definition) is 0. The van der Waals surface area contributed by atoms with Crippen LogP contribution in [0.15, 0.2) is 146 Å². The number of allylic oxidation sites excluding steroid dienone is 1. The minimum atomic E-state index is 0.713. The fourth-order valence-electron chi connectivity index (χ4n) is 6.58. The van der Waals surface area contributed by atoms with Gasteiger partial charge in [0.2, 0.25) is 5.78 Å². The van der Waals surface area contributed by atoms with E-state index in [0.29, 0.717) is 5.82 Å². The van der Waals surface area contributed by atoms with Crippen molar-refractivity contribution < 1.29 is 0 Å². The molecule has 3 aromatic heterocycles. The largest absolute Gasteiger partial charge is 0.278 e. The van der Waals surface area contributed by atoms with Gasteiger partial charge in [0.15, 0.2) is 5.82 Å². The van der Waals surface area contributed by atoms with Crippen LogP contribution in [0.1, 0.15) is 17.8 Å². The van der Waals surface area contributed by atoms with E-state index in [1.165, 1.54) is 5.69 Å². The summed E-state index contributed by atoms with van der Waals surface area (Å²) in [6.07, 6.45) is 6.47. The van der Waals surface area contributed by atoms with Gasteiger partial charge in [0.05, 0.1) is 33.8 Å². The molecule has 1 aliphatic rings. The molecule has 0 unspecified atom stereocenters. The molecule has 0 saturated carbocycles. The van der Waals surface area contributed by atoms with E-state index in [1.54, 1.807) is 0 Å². The molecule has 5 nitrogen and oxygen atoms in total. The summed E-state index contributed by atoms with van der Waals surface area (Å²) >= 11 is 0. The van der Waals surface area contributed by atoms with Crippen LogP contribution < -0.4 is 0 Å². The Morgan fingerprint density at radius 3 is 1.93 bits per heavy atom. The maximum Gasteiger partial charge on any atom is 0.220 e. The highest BCUT2D eigenvalue weighted by Crippen LogP contribution is 2.34. The number of para-hydroxylation sites is 2. The zero-order chi connectivity index (χ0) is 30.5. The van der Waals surface area contributed by atoms with Gasteiger partial charge < -0.3 is 0 Å². The molecule has 8 aromatic rings. The highest BCUT2D eigenvalue weighted by molar-refractivity contribution is 5.86. The number of rotatable bonds is 5. The Balaban J connectivity index is 1.17. The molecule has 0 amide bonds. The quantitative estimate of drug-likeness (QED) is 0.200. The number of hydrogen-bond acceptors (Lipinski definition) is 3. The van der Waals surface area contributed by atoms with E-state index < -0.39 is 0 Å². The summed E-state index contributed by atoms with van der Waals surface area (Å²) < 4.78 is 4.59. The van der Waals surface area contributed by atoms with Crippen LogP contribution in [0.2, 0.25) is 0 Å². The lowest BCUT2D eigenvalue weighted by Crippen LogP contribution is -1.97. The van der Waals surface area contributed by atoms with E-state index in [1.807, 2.05) is 36.4 Å². The molecule has 0 bridgehead atoms. The van der Waals surface area contributed by atoms with Crippen LogP contribution in [0, 0.1) is 0 Å². The van der Waals surface area contributed by atoms with Crippen LogP contribution in [0.5, 0.6) is 0 Å². The molecule has 5 heteroatoms. The zero-order valence-corrected chi connectivity index (χ0v) is 25.1. The van der Waals surface area contributed by atoms with E-state index in [9.17, 15) is 0 Å². The van der Waals surface area contributed by atoms with E-state index in [2.05, 4.69) is 124 Å². The first-order chi connectivity index (χ1) is 22.8. The Labute approximate surface area is 266 Å². The van der Waals surface area contributed by atoms with Crippen molar-refractivity contribution in [1.82, 2.24) is 23.9 Å². The molecule has 0 aliphatic heterocycles. The third-order valence-corrected chi connectivity index (χ3v) is 8.78. The summed E-state index contributed by atoms with van der Waals surface area (Å²) in [5.74, 6) is 1.66. The van der Waals surface area contributed by atoms with Gasteiger partial charge in [0, 0.05) is 22.4 Å². The van der Waals surface area contributed by atoms with E-state index in [-0.39, 0.29) is 0 Å². The van der Waals surface area contributed by atoms with E-state index in [4.69, 9.17) is 15.0 Å². The molecule has 0 fully saturated rings. The molecule has 218 valence electrons. The highest BCUT2D eigenvalue weighted by atomic mass is 15.2. The maximum absolute atomic E-state index is 5.15. The molecule has 0 saturated heterocycles. The second kappa shape index (κ2) is 10.8. The van der Waals surface area contributed by atoms with Crippen molar-refractivity contribution in [2.24, 2.45) is 0 Å². The van der Waals surface area contributed by atoms with Gasteiger partial charge in [0.1, 0.15) is 0 Å². The Morgan fingerprint density at radius 1 is 0.500 bits per heavy atom. The van der Waals surface area contributed by atoms with E-state index in [0.717, 1.165) is 80.2 Å². The topological polar surface area (TPSA) is 48.0 Å². The predicted molar refractivity (Wildman–Crippen MR) is 187 cm³/mol. The summed E-state index contributed by atoms with van der Waals surface area (Å²) in [7, 11) is 0. The van der Waals surface area contributed by atoms with Gasteiger partial charge in [-0.3, -0.25) is 8.97 Å². The fourth-order valence-corrected chi connectivity index (χ4v) is 6.58. The lowest BCUT2D eigenvalue weighted by molar-refractivity contribution is 0.940. The van der Waals surface area contributed by atoms with Crippen LogP contribution in [0.4, 0.5) is 0 Å². The Bertz CT molecular complexity index is 2360. The molecule has 0 radical (unpaired) electrons. The Morgan fingerprint density at radius 2 is 1.13 bits per heavy atom. The van der Waals surface area contributed by atoms with Gasteiger partial charge in [0.25, 0.3) is 0 Å². The summed E-state index contributed by atoms with van der Waals surface area (Å²) in [5, 5.41) is 0. The molecular formula is C41H29N5. The maximum atomic E-state index is 5.15. The molecule has 0 N–H and O–H groups in total. The van der Waals surface area contributed by atoms with Crippen molar-refractivity contribution in [3.8, 4) is 50.7 Å². The summed E-state index contributed by atoms with van der Waals surface area (Å²) in [4.78, 5) is 15.2. The number of benzene rings is 5. The number of aryl methyl sites for hydroxylation is 1. The van der Waals surface area contributed by atoms with Crippen LogP contribution in [-0.2, 0) is 6.42 Å². The van der Waals surface area contributed by atoms with Gasteiger partial charge in [-0.1, -0.05) is 109 Å². The van der Waals surface area contributed by atoms with E-state index >= 15 is 0 Å². The fraction of sp³-hybridized carbons (Fsp3) is 0.0488. The standard InChI is InChI=1S/C41H29N5/c1-3-13-28(14-4-1)35-27-36(43-40(42-35)29-15-5-2-6-16-29)32-19-11-17-30(25-32)31-18-12-20-33(26-31)45-38-23-9-10-24-39(38)46-37-22-8-7-21-34(37)44-41(45)46/h1-6,8-20,22-27H,7,21H2. The first-order valence-electron chi connectivity index (χ1n) is 15.7. The molecule has 1 aliphatic carbocycles. The van der Waals surface area contributed by atoms with Crippen molar-refractivity contribution >= 4 is 22.9 Å². The zero-order valence-electron chi connectivity index (χ0n) is 25.1. The summed E-state index contributed by atoms with van der Waals surface area (Å²) in [6.45, 7) is 0.